The minimum atomic E-state index is -0.796. The van der Waals surface area contributed by atoms with E-state index in [0.29, 0.717) is 29.9 Å². The highest BCUT2D eigenvalue weighted by atomic mass is 35.5. The Morgan fingerprint density at radius 3 is 2.73 bits per heavy atom. The van der Waals surface area contributed by atoms with E-state index >= 15 is 0 Å². The van der Waals surface area contributed by atoms with Crippen LogP contribution >= 0.6 is 22.9 Å². The minimum absolute atomic E-state index is 0.0183. The Morgan fingerprint density at radius 2 is 2.03 bits per heavy atom. The molecule has 0 atom stereocenters. The summed E-state index contributed by atoms with van der Waals surface area (Å²) in [4.78, 5) is 43.7. The Bertz CT molecular complexity index is 1270. The SMILES string of the molecule is Cc1ncc(CNC(=O)C(=O)c2c(Cl)c(C(=O)Nc3ccc(F)c(C)c3)c3n2CCCC3)s1. The average Bonchev–Trinajstić information content (AvgIpc) is 3.33. The van der Waals surface area contributed by atoms with Gasteiger partial charge in [-0.15, -0.1) is 11.3 Å². The molecule has 0 bridgehead atoms. The summed E-state index contributed by atoms with van der Waals surface area (Å²) in [6.07, 6.45) is 3.84. The first-order valence-electron chi connectivity index (χ1n) is 10.5. The molecule has 3 heterocycles. The number of aryl methyl sites for hydroxylation is 2. The summed E-state index contributed by atoms with van der Waals surface area (Å²) in [5.41, 5.74) is 1.62. The quantitative estimate of drug-likeness (QED) is 0.396. The van der Waals surface area contributed by atoms with Crippen molar-refractivity contribution in [1.82, 2.24) is 14.9 Å². The molecule has 0 fully saturated rings. The van der Waals surface area contributed by atoms with E-state index in [4.69, 9.17) is 11.6 Å². The van der Waals surface area contributed by atoms with Crippen molar-refractivity contribution in [3.63, 3.8) is 0 Å². The molecule has 33 heavy (non-hydrogen) atoms. The number of rotatable bonds is 6. The molecule has 1 aliphatic heterocycles. The van der Waals surface area contributed by atoms with Gasteiger partial charge in [0, 0.05) is 29.0 Å². The second-order valence-corrected chi connectivity index (χ2v) is 9.57. The fourth-order valence-electron chi connectivity index (χ4n) is 3.91. The van der Waals surface area contributed by atoms with Crippen LogP contribution in [0.4, 0.5) is 10.1 Å². The van der Waals surface area contributed by atoms with Gasteiger partial charge in [-0.05, 0) is 56.9 Å². The number of halogens is 2. The number of thiazole rings is 1. The number of hydrogen-bond acceptors (Lipinski definition) is 5. The van der Waals surface area contributed by atoms with E-state index in [0.717, 1.165) is 22.7 Å². The fourth-order valence-corrected chi connectivity index (χ4v) is 5.03. The molecule has 0 saturated heterocycles. The molecule has 0 aliphatic carbocycles. The highest BCUT2D eigenvalue weighted by Gasteiger charge is 2.33. The first-order valence-corrected chi connectivity index (χ1v) is 11.7. The second-order valence-electron chi connectivity index (χ2n) is 7.87. The summed E-state index contributed by atoms with van der Waals surface area (Å²) in [5, 5.41) is 6.15. The van der Waals surface area contributed by atoms with Gasteiger partial charge in [-0.25, -0.2) is 9.37 Å². The lowest BCUT2D eigenvalue weighted by Crippen LogP contribution is -2.32. The highest BCUT2D eigenvalue weighted by Crippen LogP contribution is 2.33. The normalized spacial score (nSPS) is 12.8. The lowest BCUT2D eigenvalue weighted by molar-refractivity contribution is -0.117. The van der Waals surface area contributed by atoms with Crippen molar-refractivity contribution in [3.05, 3.63) is 67.6 Å². The van der Waals surface area contributed by atoms with Crippen LogP contribution in [0.25, 0.3) is 0 Å². The summed E-state index contributed by atoms with van der Waals surface area (Å²) >= 11 is 7.98. The molecule has 0 spiro atoms. The molecule has 7 nitrogen and oxygen atoms in total. The van der Waals surface area contributed by atoms with E-state index in [2.05, 4.69) is 15.6 Å². The van der Waals surface area contributed by atoms with E-state index in [1.54, 1.807) is 17.7 Å². The van der Waals surface area contributed by atoms with Gasteiger partial charge < -0.3 is 15.2 Å². The number of carbonyl (C=O) groups is 3. The van der Waals surface area contributed by atoms with Crippen molar-refractivity contribution >= 4 is 46.2 Å². The van der Waals surface area contributed by atoms with E-state index in [1.807, 2.05) is 6.92 Å². The number of nitrogens with one attached hydrogen (secondary N) is 2. The monoisotopic (exact) mass is 488 g/mol. The second kappa shape index (κ2) is 9.44. The van der Waals surface area contributed by atoms with Gasteiger partial charge in [-0.1, -0.05) is 11.6 Å². The van der Waals surface area contributed by atoms with Crippen LogP contribution in [-0.4, -0.2) is 27.1 Å². The zero-order valence-corrected chi connectivity index (χ0v) is 19.7. The van der Waals surface area contributed by atoms with Crippen molar-refractivity contribution in [2.45, 2.75) is 46.2 Å². The number of aromatic nitrogens is 2. The van der Waals surface area contributed by atoms with Gasteiger partial charge in [0.15, 0.2) is 0 Å². The Morgan fingerprint density at radius 1 is 1.24 bits per heavy atom. The van der Waals surface area contributed by atoms with Crippen LogP contribution in [0.15, 0.2) is 24.4 Å². The number of hydrogen-bond donors (Lipinski definition) is 2. The molecule has 1 aliphatic rings. The summed E-state index contributed by atoms with van der Waals surface area (Å²) in [6, 6.07) is 4.24. The van der Waals surface area contributed by atoms with Crippen molar-refractivity contribution in [2.75, 3.05) is 5.32 Å². The molecule has 2 N–H and O–H groups in total. The summed E-state index contributed by atoms with van der Waals surface area (Å²) < 4.78 is 15.2. The molecule has 4 rings (SSSR count). The number of amides is 2. The predicted molar refractivity (Wildman–Crippen MR) is 124 cm³/mol. The van der Waals surface area contributed by atoms with Gasteiger partial charge in [0.25, 0.3) is 17.6 Å². The van der Waals surface area contributed by atoms with Crippen LogP contribution in [0.2, 0.25) is 5.02 Å². The van der Waals surface area contributed by atoms with E-state index in [9.17, 15) is 18.8 Å². The molecular formula is C23H22ClFN4O3S. The van der Waals surface area contributed by atoms with E-state index in [1.165, 1.54) is 29.5 Å². The smallest absolute Gasteiger partial charge is 0.294 e. The van der Waals surface area contributed by atoms with Crippen LogP contribution in [-0.2, 0) is 24.3 Å². The van der Waals surface area contributed by atoms with Crippen molar-refractivity contribution in [2.24, 2.45) is 0 Å². The van der Waals surface area contributed by atoms with Crippen LogP contribution in [0.5, 0.6) is 0 Å². The zero-order chi connectivity index (χ0) is 23.7. The number of fused-ring (bicyclic) bond motifs is 1. The van der Waals surface area contributed by atoms with Gasteiger partial charge in [0.05, 0.1) is 22.1 Å². The highest BCUT2D eigenvalue weighted by molar-refractivity contribution is 7.11. The van der Waals surface area contributed by atoms with Crippen LogP contribution in [0, 0.1) is 19.7 Å². The third-order valence-electron chi connectivity index (χ3n) is 5.51. The van der Waals surface area contributed by atoms with Crippen LogP contribution in [0.3, 0.4) is 0 Å². The van der Waals surface area contributed by atoms with Gasteiger partial charge >= 0.3 is 0 Å². The average molecular weight is 489 g/mol. The molecule has 10 heteroatoms. The number of nitrogens with zero attached hydrogens (tertiary/aromatic N) is 2. The van der Waals surface area contributed by atoms with E-state index in [-0.39, 0.29) is 28.6 Å². The number of ketones is 1. The zero-order valence-electron chi connectivity index (χ0n) is 18.1. The Hall–Kier alpha value is -3.04. The van der Waals surface area contributed by atoms with Gasteiger partial charge in [0.1, 0.15) is 11.5 Å². The first-order chi connectivity index (χ1) is 15.8. The summed E-state index contributed by atoms with van der Waals surface area (Å²) in [7, 11) is 0. The predicted octanol–water partition coefficient (Wildman–Crippen LogP) is 4.44. The molecule has 3 aromatic rings. The van der Waals surface area contributed by atoms with Gasteiger partial charge in [0.2, 0.25) is 0 Å². The van der Waals surface area contributed by atoms with Crippen molar-refractivity contribution < 1.29 is 18.8 Å². The third-order valence-corrected chi connectivity index (χ3v) is 6.79. The fraction of sp³-hybridized carbons (Fsp3) is 0.304. The summed E-state index contributed by atoms with van der Waals surface area (Å²) in [5.74, 6) is -2.47. The Labute approximate surface area is 199 Å². The largest absolute Gasteiger partial charge is 0.344 e. The number of anilines is 1. The maximum atomic E-state index is 13.6. The minimum Gasteiger partial charge on any atom is -0.344 e. The lowest BCUT2D eigenvalue weighted by atomic mass is 10.1. The van der Waals surface area contributed by atoms with Crippen molar-refractivity contribution in [1.29, 1.82) is 0 Å². The Kier molecular flexibility index (Phi) is 6.62. The maximum Gasteiger partial charge on any atom is 0.294 e. The number of benzene rings is 1. The van der Waals surface area contributed by atoms with E-state index < -0.39 is 17.6 Å². The number of Topliss-reactive ketones (excluding diaryl/α,β-unsaturated/α-hetero) is 1. The summed E-state index contributed by atoms with van der Waals surface area (Å²) in [6.45, 7) is 4.12. The van der Waals surface area contributed by atoms with Crippen LogP contribution in [0.1, 0.15) is 54.8 Å². The number of carbonyl (C=O) groups excluding carboxylic acids is 3. The molecule has 0 unspecified atom stereocenters. The van der Waals surface area contributed by atoms with Crippen LogP contribution < -0.4 is 10.6 Å². The Balaban J connectivity index is 1.61. The topological polar surface area (TPSA) is 93.1 Å². The molecule has 2 amide bonds. The molecule has 0 saturated carbocycles. The molecule has 172 valence electrons. The maximum absolute atomic E-state index is 13.6. The van der Waals surface area contributed by atoms with Crippen molar-refractivity contribution in [3.8, 4) is 0 Å². The first kappa shape index (κ1) is 23.1. The molecule has 0 radical (unpaired) electrons. The van der Waals surface area contributed by atoms with Gasteiger partial charge in [-0.2, -0.15) is 0 Å². The molecule has 2 aromatic heterocycles. The molecule has 1 aromatic carbocycles. The molecular weight excluding hydrogens is 467 g/mol. The van der Waals surface area contributed by atoms with Gasteiger partial charge in [-0.3, -0.25) is 14.4 Å². The lowest BCUT2D eigenvalue weighted by Gasteiger charge is -2.18. The standard InChI is InChI=1S/C23H22ClFN4O3S/c1-12-9-14(6-7-16(12)25)28-22(31)18-17-5-3-4-8-29(17)20(19(18)24)21(30)23(32)27-11-15-10-26-13(2)33-15/h6-7,9-10H,3-5,8,11H2,1-2H3,(H,27,32)(H,28,31). The third kappa shape index (κ3) is 4.69.